The van der Waals surface area contributed by atoms with Gasteiger partial charge in [0.1, 0.15) is 0 Å². The summed E-state index contributed by atoms with van der Waals surface area (Å²) < 4.78 is 22.4. The molecule has 1 aromatic carbocycles. The van der Waals surface area contributed by atoms with Gasteiger partial charge in [0.05, 0.1) is 4.90 Å². The van der Waals surface area contributed by atoms with E-state index in [2.05, 4.69) is 17.6 Å². The van der Waals surface area contributed by atoms with Gasteiger partial charge < -0.3 is 10.6 Å². The summed E-state index contributed by atoms with van der Waals surface area (Å²) in [5.41, 5.74) is 0.739. The fourth-order valence-electron chi connectivity index (χ4n) is 2.59. The molecule has 0 heterocycles. The van der Waals surface area contributed by atoms with Gasteiger partial charge in [0.25, 0.3) is 0 Å². The number of sulfonamides is 1. The molecular formula is C14H21N3O2S2. The summed E-state index contributed by atoms with van der Waals surface area (Å²) in [6.45, 7) is 2.24. The van der Waals surface area contributed by atoms with E-state index in [1.54, 1.807) is 12.1 Å². The second kappa shape index (κ2) is 6.72. The average Bonchev–Trinajstić information content (AvgIpc) is 2.41. The Balaban J connectivity index is 1.93. The van der Waals surface area contributed by atoms with Crippen LogP contribution in [0.15, 0.2) is 29.2 Å². The number of benzene rings is 1. The van der Waals surface area contributed by atoms with Crippen molar-refractivity contribution in [3.05, 3.63) is 24.3 Å². The molecule has 0 unspecified atom stereocenters. The average molecular weight is 327 g/mol. The molecule has 0 amide bonds. The first-order valence-electron chi connectivity index (χ1n) is 7.06. The van der Waals surface area contributed by atoms with Gasteiger partial charge in [0, 0.05) is 11.7 Å². The molecule has 5 nitrogen and oxygen atoms in total. The van der Waals surface area contributed by atoms with Crippen LogP contribution in [-0.2, 0) is 10.0 Å². The van der Waals surface area contributed by atoms with Gasteiger partial charge in [-0.1, -0.05) is 19.8 Å². The van der Waals surface area contributed by atoms with E-state index in [1.807, 2.05) is 0 Å². The highest BCUT2D eigenvalue weighted by Crippen LogP contribution is 2.23. The summed E-state index contributed by atoms with van der Waals surface area (Å²) in [4.78, 5) is 0.0906. The van der Waals surface area contributed by atoms with E-state index in [0.29, 0.717) is 17.1 Å². The van der Waals surface area contributed by atoms with Gasteiger partial charge in [0.2, 0.25) is 10.0 Å². The zero-order chi connectivity index (χ0) is 15.5. The van der Waals surface area contributed by atoms with Crippen LogP contribution in [0.25, 0.3) is 0 Å². The van der Waals surface area contributed by atoms with Crippen molar-refractivity contribution in [2.45, 2.75) is 43.5 Å². The van der Waals surface area contributed by atoms with Crippen molar-refractivity contribution in [2.24, 2.45) is 11.1 Å². The third kappa shape index (κ3) is 4.66. The third-order valence-electron chi connectivity index (χ3n) is 3.87. The largest absolute Gasteiger partial charge is 0.359 e. The molecule has 21 heavy (non-hydrogen) atoms. The number of rotatable bonds is 3. The van der Waals surface area contributed by atoms with E-state index < -0.39 is 10.0 Å². The molecule has 0 aromatic heterocycles. The van der Waals surface area contributed by atoms with E-state index in [9.17, 15) is 8.42 Å². The van der Waals surface area contributed by atoms with E-state index >= 15 is 0 Å². The van der Waals surface area contributed by atoms with Crippen LogP contribution < -0.4 is 15.8 Å². The van der Waals surface area contributed by atoms with E-state index in [1.165, 1.54) is 31.4 Å². The number of hydrogen-bond acceptors (Lipinski definition) is 3. The summed E-state index contributed by atoms with van der Waals surface area (Å²) >= 11 is 5.31. The number of anilines is 1. The number of thiocarbonyl (C=S) groups is 1. The van der Waals surface area contributed by atoms with Crippen molar-refractivity contribution >= 4 is 33.0 Å². The van der Waals surface area contributed by atoms with Crippen molar-refractivity contribution in [1.82, 2.24) is 5.32 Å². The molecule has 2 atom stereocenters. The minimum absolute atomic E-state index is 0.0906. The van der Waals surface area contributed by atoms with E-state index in [0.717, 1.165) is 12.1 Å². The molecule has 0 bridgehead atoms. The maximum atomic E-state index is 11.2. The van der Waals surface area contributed by atoms with Crippen LogP contribution in [0.3, 0.4) is 0 Å². The van der Waals surface area contributed by atoms with Crippen molar-refractivity contribution in [3.63, 3.8) is 0 Å². The maximum absolute atomic E-state index is 11.2. The highest BCUT2D eigenvalue weighted by Gasteiger charge is 2.21. The first-order valence-corrected chi connectivity index (χ1v) is 9.02. The van der Waals surface area contributed by atoms with Gasteiger partial charge in [0.15, 0.2) is 5.11 Å². The lowest BCUT2D eigenvalue weighted by Crippen LogP contribution is -2.43. The highest BCUT2D eigenvalue weighted by atomic mass is 32.2. The predicted octanol–water partition coefficient (Wildman–Crippen LogP) is 2.20. The second-order valence-corrected chi connectivity index (χ2v) is 7.51. The second-order valence-electron chi connectivity index (χ2n) is 5.54. The van der Waals surface area contributed by atoms with Crippen LogP contribution in [-0.4, -0.2) is 19.6 Å². The Bertz CT molecular complexity index is 599. The van der Waals surface area contributed by atoms with Gasteiger partial charge in [-0.2, -0.15) is 0 Å². The lowest BCUT2D eigenvalue weighted by molar-refractivity contribution is 0.309. The molecule has 7 heteroatoms. The van der Waals surface area contributed by atoms with Gasteiger partial charge in [-0.25, -0.2) is 13.6 Å². The van der Waals surface area contributed by atoms with Crippen molar-refractivity contribution in [1.29, 1.82) is 0 Å². The zero-order valence-electron chi connectivity index (χ0n) is 12.0. The van der Waals surface area contributed by atoms with Crippen LogP contribution >= 0.6 is 12.2 Å². The van der Waals surface area contributed by atoms with Gasteiger partial charge in [-0.05, 0) is 55.2 Å². The molecule has 0 aliphatic heterocycles. The molecule has 0 saturated heterocycles. The normalized spacial score (nSPS) is 22.6. The number of hydrogen-bond donors (Lipinski definition) is 3. The summed E-state index contributed by atoms with van der Waals surface area (Å²) in [6.07, 6.45) is 4.87. The fraction of sp³-hybridized carbons (Fsp3) is 0.500. The first-order chi connectivity index (χ1) is 9.86. The smallest absolute Gasteiger partial charge is 0.238 e. The molecule has 116 valence electrons. The Morgan fingerprint density at radius 1 is 1.24 bits per heavy atom. The molecule has 2 rings (SSSR count). The van der Waals surface area contributed by atoms with Crippen LogP contribution in [0, 0.1) is 5.92 Å². The van der Waals surface area contributed by atoms with Gasteiger partial charge >= 0.3 is 0 Å². The molecule has 0 spiro atoms. The Morgan fingerprint density at radius 3 is 2.43 bits per heavy atom. The van der Waals surface area contributed by atoms with Crippen LogP contribution in [0.5, 0.6) is 0 Å². The predicted molar refractivity (Wildman–Crippen MR) is 88.6 cm³/mol. The molecule has 1 saturated carbocycles. The van der Waals surface area contributed by atoms with Gasteiger partial charge in [-0.15, -0.1) is 0 Å². The van der Waals surface area contributed by atoms with Crippen LogP contribution in [0.4, 0.5) is 5.69 Å². The minimum atomic E-state index is -3.65. The third-order valence-corrected chi connectivity index (χ3v) is 5.02. The molecule has 0 radical (unpaired) electrons. The molecule has 1 fully saturated rings. The van der Waals surface area contributed by atoms with E-state index in [-0.39, 0.29) is 4.90 Å². The number of nitrogens with one attached hydrogen (secondary N) is 2. The summed E-state index contributed by atoms with van der Waals surface area (Å²) in [5, 5.41) is 12.0. The highest BCUT2D eigenvalue weighted by molar-refractivity contribution is 7.89. The summed E-state index contributed by atoms with van der Waals surface area (Å²) in [7, 11) is -3.65. The fourth-order valence-corrected chi connectivity index (χ4v) is 3.38. The Labute approximate surface area is 131 Å². The Morgan fingerprint density at radius 2 is 1.86 bits per heavy atom. The van der Waals surface area contributed by atoms with Crippen LogP contribution in [0.1, 0.15) is 32.6 Å². The Kier molecular flexibility index (Phi) is 5.18. The van der Waals surface area contributed by atoms with Crippen molar-refractivity contribution in [3.8, 4) is 0 Å². The summed E-state index contributed by atoms with van der Waals surface area (Å²) in [6, 6.07) is 6.63. The molecule has 1 aliphatic rings. The number of primary sulfonamides is 1. The zero-order valence-corrected chi connectivity index (χ0v) is 13.6. The monoisotopic (exact) mass is 327 g/mol. The van der Waals surface area contributed by atoms with Crippen molar-refractivity contribution < 1.29 is 8.42 Å². The molecule has 1 aromatic rings. The van der Waals surface area contributed by atoms with Gasteiger partial charge in [-0.3, -0.25) is 0 Å². The standard InChI is InChI=1S/C14H21N3O2S2/c1-10-4-2-3-5-13(10)17-14(20)16-11-6-8-12(9-7-11)21(15,18)19/h6-10,13H,2-5H2,1H3,(H2,15,18,19)(H2,16,17,20)/t10-,13-/m0/s1. The van der Waals surface area contributed by atoms with E-state index in [4.69, 9.17) is 17.4 Å². The SMILES string of the molecule is C[C@H]1CCCC[C@@H]1NC(=S)Nc1ccc(S(N)(=O)=O)cc1. The minimum Gasteiger partial charge on any atom is -0.359 e. The maximum Gasteiger partial charge on any atom is 0.238 e. The molecule has 4 N–H and O–H groups in total. The summed E-state index contributed by atoms with van der Waals surface area (Å²) in [5.74, 6) is 0.614. The van der Waals surface area contributed by atoms with Crippen LogP contribution in [0.2, 0.25) is 0 Å². The topological polar surface area (TPSA) is 84.2 Å². The first kappa shape index (κ1) is 16.2. The Hall–Kier alpha value is -1.18. The lowest BCUT2D eigenvalue weighted by Gasteiger charge is -2.30. The molecule has 1 aliphatic carbocycles. The lowest BCUT2D eigenvalue weighted by atomic mass is 9.86. The molecular weight excluding hydrogens is 306 g/mol. The number of nitrogens with two attached hydrogens (primary N) is 1. The van der Waals surface area contributed by atoms with Crippen molar-refractivity contribution in [2.75, 3.05) is 5.32 Å². The quantitative estimate of drug-likeness (QED) is 0.741.